The summed E-state index contributed by atoms with van der Waals surface area (Å²) in [6.45, 7) is 2.14. The molecule has 126 valence electrons. The molecule has 0 aliphatic heterocycles. The highest BCUT2D eigenvalue weighted by Crippen LogP contribution is 2.11. The van der Waals surface area contributed by atoms with Crippen molar-refractivity contribution in [2.75, 3.05) is 5.32 Å². The van der Waals surface area contributed by atoms with E-state index in [-0.39, 0.29) is 23.8 Å². The van der Waals surface area contributed by atoms with Crippen LogP contribution >= 0.6 is 0 Å². The first kappa shape index (κ1) is 16.6. The third kappa shape index (κ3) is 4.20. The smallest absolute Gasteiger partial charge is 0.257 e. The van der Waals surface area contributed by atoms with Crippen molar-refractivity contribution in [3.05, 3.63) is 99.7 Å². The summed E-state index contributed by atoms with van der Waals surface area (Å²) in [6.07, 6.45) is 1.48. The summed E-state index contributed by atoms with van der Waals surface area (Å²) in [5, 5.41) is 2.80. The standard InChI is InChI=1S/C20H17FN2O2/c1-14-4-2-7-18(10-14)22-20(25)16-8-9-19(24)23(13-16)12-15-5-3-6-17(21)11-15/h2-11,13H,12H2,1H3,(H,22,25). The SMILES string of the molecule is Cc1cccc(NC(=O)c2ccc(=O)n(Cc3cccc(F)c3)c2)c1. The lowest BCUT2D eigenvalue weighted by Gasteiger charge is -2.10. The molecular weight excluding hydrogens is 319 g/mol. The predicted octanol–water partition coefficient (Wildman–Crippen LogP) is 3.60. The molecule has 0 atom stereocenters. The Balaban J connectivity index is 1.83. The van der Waals surface area contributed by atoms with Crippen molar-refractivity contribution >= 4 is 11.6 Å². The van der Waals surface area contributed by atoms with Crippen LogP contribution < -0.4 is 10.9 Å². The molecule has 1 amide bonds. The molecule has 3 rings (SSSR count). The van der Waals surface area contributed by atoms with E-state index in [0.29, 0.717) is 16.8 Å². The van der Waals surface area contributed by atoms with E-state index in [1.807, 2.05) is 25.1 Å². The number of aryl methyl sites for hydroxylation is 1. The van der Waals surface area contributed by atoms with Gasteiger partial charge in [-0.05, 0) is 48.4 Å². The number of halogens is 1. The van der Waals surface area contributed by atoms with E-state index in [4.69, 9.17) is 0 Å². The number of nitrogens with one attached hydrogen (secondary N) is 1. The van der Waals surface area contributed by atoms with Crippen LogP contribution in [0, 0.1) is 12.7 Å². The van der Waals surface area contributed by atoms with E-state index in [2.05, 4.69) is 5.32 Å². The van der Waals surface area contributed by atoms with Crippen molar-refractivity contribution in [3.63, 3.8) is 0 Å². The fraction of sp³-hybridized carbons (Fsp3) is 0.100. The van der Waals surface area contributed by atoms with Gasteiger partial charge in [0.2, 0.25) is 0 Å². The van der Waals surface area contributed by atoms with Gasteiger partial charge in [-0.25, -0.2) is 4.39 Å². The lowest BCUT2D eigenvalue weighted by molar-refractivity contribution is 0.102. The Morgan fingerprint density at radius 2 is 1.88 bits per heavy atom. The van der Waals surface area contributed by atoms with Crippen LogP contribution in [-0.4, -0.2) is 10.5 Å². The van der Waals surface area contributed by atoms with Crippen LogP contribution in [0.25, 0.3) is 0 Å². The van der Waals surface area contributed by atoms with Gasteiger partial charge in [-0.1, -0.05) is 24.3 Å². The Kier molecular flexibility index (Phi) is 4.75. The lowest BCUT2D eigenvalue weighted by atomic mass is 10.2. The maximum Gasteiger partial charge on any atom is 0.257 e. The minimum absolute atomic E-state index is 0.197. The number of aromatic nitrogens is 1. The van der Waals surface area contributed by atoms with Crippen LogP contribution in [0.2, 0.25) is 0 Å². The van der Waals surface area contributed by atoms with Gasteiger partial charge >= 0.3 is 0 Å². The number of pyridine rings is 1. The Labute approximate surface area is 144 Å². The zero-order valence-electron chi connectivity index (χ0n) is 13.7. The number of hydrogen-bond donors (Lipinski definition) is 1. The first-order valence-electron chi connectivity index (χ1n) is 7.84. The third-order valence-corrected chi connectivity index (χ3v) is 3.76. The molecule has 0 saturated carbocycles. The van der Waals surface area contributed by atoms with Gasteiger partial charge < -0.3 is 9.88 Å². The summed E-state index contributed by atoms with van der Waals surface area (Å²) >= 11 is 0. The molecule has 1 N–H and O–H groups in total. The molecule has 0 aliphatic carbocycles. The second kappa shape index (κ2) is 7.13. The highest BCUT2D eigenvalue weighted by atomic mass is 19.1. The van der Waals surface area contributed by atoms with Gasteiger partial charge in [0.15, 0.2) is 0 Å². The molecule has 3 aromatic rings. The zero-order chi connectivity index (χ0) is 17.8. The number of nitrogens with zero attached hydrogens (tertiary/aromatic N) is 1. The maximum absolute atomic E-state index is 13.3. The quantitative estimate of drug-likeness (QED) is 0.791. The van der Waals surface area contributed by atoms with Crippen molar-refractivity contribution in [3.8, 4) is 0 Å². The summed E-state index contributed by atoms with van der Waals surface area (Å²) < 4.78 is 14.7. The summed E-state index contributed by atoms with van der Waals surface area (Å²) in [4.78, 5) is 24.4. The Bertz CT molecular complexity index is 979. The Morgan fingerprint density at radius 3 is 2.64 bits per heavy atom. The molecular formula is C20H17FN2O2. The lowest BCUT2D eigenvalue weighted by Crippen LogP contribution is -2.22. The van der Waals surface area contributed by atoms with Gasteiger partial charge in [0.25, 0.3) is 11.5 Å². The van der Waals surface area contributed by atoms with Gasteiger partial charge in [0.1, 0.15) is 5.82 Å². The Hall–Kier alpha value is -3.21. The second-order valence-electron chi connectivity index (χ2n) is 5.84. The topological polar surface area (TPSA) is 51.1 Å². The number of rotatable bonds is 4. The van der Waals surface area contributed by atoms with E-state index in [0.717, 1.165) is 5.56 Å². The van der Waals surface area contributed by atoms with Crippen molar-refractivity contribution in [1.82, 2.24) is 4.57 Å². The normalized spacial score (nSPS) is 10.5. The van der Waals surface area contributed by atoms with Gasteiger partial charge in [-0.15, -0.1) is 0 Å². The minimum atomic E-state index is -0.362. The molecule has 0 bridgehead atoms. The number of anilines is 1. The fourth-order valence-corrected chi connectivity index (χ4v) is 2.55. The molecule has 0 saturated heterocycles. The molecule has 4 nitrogen and oxygen atoms in total. The molecule has 0 unspecified atom stereocenters. The molecule has 25 heavy (non-hydrogen) atoms. The van der Waals surface area contributed by atoms with Crippen LogP contribution in [0.4, 0.5) is 10.1 Å². The van der Waals surface area contributed by atoms with E-state index in [1.54, 1.807) is 18.2 Å². The first-order chi connectivity index (χ1) is 12.0. The molecule has 0 radical (unpaired) electrons. The van der Waals surface area contributed by atoms with Gasteiger partial charge in [-0.2, -0.15) is 0 Å². The summed E-state index contributed by atoms with van der Waals surface area (Å²) in [7, 11) is 0. The predicted molar refractivity (Wildman–Crippen MR) is 95.3 cm³/mol. The van der Waals surface area contributed by atoms with E-state index < -0.39 is 0 Å². The number of benzene rings is 2. The first-order valence-corrected chi connectivity index (χ1v) is 7.84. The molecule has 0 spiro atoms. The van der Waals surface area contributed by atoms with Crippen LogP contribution in [0.1, 0.15) is 21.5 Å². The van der Waals surface area contributed by atoms with Crippen LogP contribution in [0.15, 0.2) is 71.7 Å². The van der Waals surface area contributed by atoms with Gasteiger partial charge in [0.05, 0.1) is 12.1 Å². The van der Waals surface area contributed by atoms with E-state index in [9.17, 15) is 14.0 Å². The summed E-state index contributed by atoms with van der Waals surface area (Å²) in [6, 6.07) is 16.3. The second-order valence-corrected chi connectivity index (χ2v) is 5.84. The van der Waals surface area contributed by atoms with E-state index in [1.165, 1.54) is 35.0 Å². The number of amides is 1. The van der Waals surface area contributed by atoms with Gasteiger partial charge in [-0.3, -0.25) is 9.59 Å². The van der Waals surface area contributed by atoms with Crippen molar-refractivity contribution in [2.24, 2.45) is 0 Å². The third-order valence-electron chi connectivity index (χ3n) is 3.76. The van der Waals surface area contributed by atoms with Crippen molar-refractivity contribution < 1.29 is 9.18 Å². The number of carbonyl (C=O) groups excluding carboxylic acids is 1. The van der Waals surface area contributed by atoms with Gasteiger partial charge in [0, 0.05) is 18.0 Å². The summed E-state index contributed by atoms with van der Waals surface area (Å²) in [5.74, 6) is -0.669. The Morgan fingerprint density at radius 1 is 1.08 bits per heavy atom. The van der Waals surface area contributed by atoms with Crippen LogP contribution in [-0.2, 0) is 6.54 Å². The van der Waals surface area contributed by atoms with Crippen molar-refractivity contribution in [1.29, 1.82) is 0 Å². The molecule has 0 aliphatic rings. The van der Waals surface area contributed by atoms with Crippen molar-refractivity contribution in [2.45, 2.75) is 13.5 Å². The highest BCUT2D eigenvalue weighted by Gasteiger charge is 2.09. The summed E-state index contributed by atoms with van der Waals surface area (Å²) in [5.41, 5.74) is 2.48. The van der Waals surface area contributed by atoms with Crippen LogP contribution in [0.3, 0.4) is 0 Å². The number of hydrogen-bond acceptors (Lipinski definition) is 2. The average Bonchev–Trinajstić information content (AvgIpc) is 2.57. The largest absolute Gasteiger partial charge is 0.322 e. The minimum Gasteiger partial charge on any atom is -0.322 e. The average molecular weight is 336 g/mol. The number of carbonyl (C=O) groups is 1. The molecule has 2 aromatic carbocycles. The zero-order valence-corrected chi connectivity index (χ0v) is 13.7. The highest BCUT2D eigenvalue weighted by molar-refractivity contribution is 6.04. The monoisotopic (exact) mass is 336 g/mol. The molecule has 0 fully saturated rings. The molecule has 5 heteroatoms. The van der Waals surface area contributed by atoms with Crippen LogP contribution in [0.5, 0.6) is 0 Å². The fourth-order valence-electron chi connectivity index (χ4n) is 2.55. The molecule has 1 aromatic heterocycles. The maximum atomic E-state index is 13.3. The molecule has 1 heterocycles. The van der Waals surface area contributed by atoms with E-state index >= 15 is 0 Å².